The number of nitrogens with one attached hydrogen (secondary N) is 2. The largest absolute Gasteiger partial charge is 0.374 e. The quantitative estimate of drug-likeness (QED) is 0.396. The minimum absolute atomic E-state index is 0.186. The average Bonchev–Trinajstić information content (AvgIpc) is 2.65. The normalized spacial score (nSPS) is 19.6. The van der Waals surface area contributed by atoms with Gasteiger partial charge in [-0.15, -0.1) is 12.6 Å². The van der Waals surface area contributed by atoms with Gasteiger partial charge in [0.1, 0.15) is 5.50 Å². The van der Waals surface area contributed by atoms with Crippen molar-refractivity contribution in [1.82, 2.24) is 15.5 Å². The van der Waals surface area contributed by atoms with Crippen molar-refractivity contribution in [3.05, 3.63) is 70.7 Å². The van der Waals surface area contributed by atoms with Crippen molar-refractivity contribution < 1.29 is 9.59 Å². The summed E-state index contributed by atoms with van der Waals surface area (Å²) in [5, 5.41) is 6.34. The van der Waals surface area contributed by atoms with E-state index >= 15 is 0 Å². The van der Waals surface area contributed by atoms with Crippen molar-refractivity contribution in [2.45, 2.75) is 18.6 Å². The Hall–Kier alpha value is -2.09. The number of benzene rings is 2. The maximum absolute atomic E-state index is 12.9. The first-order valence-electron chi connectivity index (χ1n) is 8.30. The van der Waals surface area contributed by atoms with E-state index in [4.69, 9.17) is 23.8 Å². The van der Waals surface area contributed by atoms with Gasteiger partial charge in [-0.05, 0) is 23.3 Å². The molecule has 2 amide bonds. The third kappa shape index (κ3) is 4.80. The summed E-state index contributed by atoms with van der Waals surface area (Å²) < 4.78 is 0. The predicted molar refractivity (Wildman–Crippen MR) is 112 cm³/mol. The van der Waals surface area contributed by atoms with Crippen LogP contribution in [0, 0.1) is 5.92 Å². The van der Waals surface area contributed by atoms with E-state index in [1.54, 1.807) is 12.1 Å². The van der Waals surface area contributed by atoms with Crippen molar-refractivity contribution in [3.63, 3.8) is 0 Å². The van der Waals surface area contributed by atoms with Gasteiger partial charge in [-0.25, -0.2) is 0 Å². The van der Waals surface area contributed by atoms with Crippen molar-refractivity contribution in [2.24, 2.45) is 5.92 Å². The number of rotatable bonds is 5. The summed E-state index contributed by atoms with van der Waals surface area (Å²) in [7, 11) is 0. The van der Waals surface area contributed by atoms with E-state index in [1.807, 2.05) is 42.5 Å². The Bertz CT molecular complexity index is 846. The van der Waals surface area contributed by atoms with Gasteiger partial charge in [0.25, 0.3) is 0 Å². The van der Waals surface area contributed by atoms with Crippen molar-refractivity contribution in [1.29, 1.82) is 0 Å². The Labute approximate surface area is 173 Å². The lowest BCUT2D eigenvalue weighted by atomic mass is 10.0. The van der Waals surface area contributed by atoms with Crippen LogP contribution < -0.4 is 10.6 Å². The zero-order chi connectivity index (χ0) is 19.4. The Kier molecular flexibility index (Phi) is 6.36. The molecule has 0 radical (unpaired) electrons. The highest BCUT2D eigenvalue weighted by Crippen LogP contribution is 2.20. The van der Waals surface area contributed by atoms with E-state index in [1.165, 1.54) is 4.90 Å². The number of nitrogens with zero attached hydrogens (tertiary/aromatic N) is 1. The van der Waals surface area contributed by atoms with Gasteiger partial charge in [0, 0.05) is 18.1 Å². The highest BCUT2D eigenvalue weighted by atomic mass is 35.5. The second kappa shape index (κ2) is 8.73. The number of carbonyl (C=O) groups is 2. The molecule has 140 valence electrons. The van der Waals surface area contributed by atoms with Crippen LogP contribution >= 0.6 is 36.4 Å². The molecule has 2 N–H and O–H groups in total. The molecule has 2 aromatic rings. The molecule has 8 heteroatoms. The number of carbonyl (C=O) groups excluding carboxylic acids is 2. The van der Waals surface area contributed by atoms with E-state index < -0.39 is 17.3 Å². The highest BCUT2D eigenvalue weighted by Gasteiger charge is 2.41. The summed E-state index contributed by atoms with van der Waals surface area (Å²) in [6, 6.07) is 16.8. The summed E-state index contributed by atoms with van der Waals surface area (Å²) in [5.74, 6) is -1.88. The number of thiol groups is 1. The maximum Gasteiger partial charge on any atom is 0.244 e. The molecule has 0 saturated carbocycles. The molecule has 27 heavy (non-hydrogen) atoms. The fraction of sp³-hybridized carbons (Fsp3) is 0.211. The fourth-order valence-electron chi connectivity index (χ4n) is 2.76. The van der Waals surface area contributed by atoms with Gasteiger partial charge in [0.05, 0.1) is 4.99 Å². The topological polar surface area (TPSA) is 61.4 Å². The average molecular weight is 420 g/mol. The third-order valence-electron chi connectivity index (χ3n) is 4.20. The molecule has 0 aliphatic carbocycles. The Balaban J connectivity index is 1.69. The third-order valence-corrected chi connectivity index (χ3v) is 5.24. The predicted octanol–water partition coefficient (Wildman–Crippen LogP) is 2.75. The first-order valence-corrected chi connectivity index (χ1v) is 9.61. The molecule has 0 spiro atoms. The van der Waals surface area contributed by atoms with Gasteiger partial charge in [-0.1, -0.05) is 66.3 Å². The first-order chi connectivity index (χ1) is 13.0. The van der Waals surface area contributed by atoms with Crippen molar-refractivity contribution >= 4 is 53.3 Å². The van der Waals surface area contributed by atoms with Crippen LogP contribution in [0.25, 0.3) is 0 Å². The Morgan fingerprint density at radius 2 is 1.78 bits per heavy atom. The van der Waals surface area contributed by atoms with E-state index in [-0.39, 0.29) is 10.9 Å². The smallest absolute Gasteiger partial charge is 0.244 e. The van der Waals surface area contributed by atoms with Crippen LogP contribution in [0.15, 0.2) is 54.6 Å². The zero-order valence-corrected chi connectivity index (χ0v) is 16.7. The molecule has 2 atom stereocenters. The monoisotopic (exact) mass is 419 g/mol. The highest BCUT2D eigenvalue weighted by molar-refractivity contribution is 7.81. The van der Waals surface area contributed by atoms with E-state index in [2.05, 4.69) is 23.3 Å². The number of hydrogen-bond acceptors (Lipinski definition) is 4. The van der Waals surface area contributed by atoms with Gasteiger partial charge < -0.3 is 15.5 Å². The van der Waals surface area contributed by atoms with Gasteiger partial charge in [0.2, 0.25) is 11.8 Å². The molecule has 0 bridgehead atoms. The van der Waals surface area contributed by atoms with Gasteiger partial charge in [-0.3, -0.25) is 9.59 Å². The van der Waals surface area contributed by atoms with Crippen LogP contribution in [0.4, 0.5) is 0 Å². The van der Waals surface area contributed by atoms with E-state index in [0.29, 0.717) is 18.1 Å². The molecule has 0 aromatic heterocycles. The van der Waals surface area contributed by atoms with Crippen LogP contribution in [-0.2, 0) is 22.7 Å². The number of amides is 2. The van der Waals surface area contributed by atoms with Gasteiger partial charge in [-0.2, -0.15) is 0 Å². The van der Waals surface area contributed by atoms with Crippen LogP contribution in [0.2, 0.25) is 5.02 Å². The van der Waals surface area contributed by atoms with Crippen LogP contribution in [-0.4, -0.2) is 27.2 Å². The zero-order valence-electron chi connectivity index (χ0n) is 14.3. The summed E-state index contributed by atoms with van der Waals surface area (Å²) in [6.45, 7) is 0.737. The second-order valence-corrected chi connectivity index (χ2v) is 7.48. The fourth-order valence-corrected chi connectivity index (χ4v) is 3.48. The lowest BCUT2D eigenvalue weighted by Gasteiger charge is -2.37. The SMILES string of the molecule is O=C1NC(S)N(Cc2ccccc2)C(=O)C1C(=S)NCc1ccc(Cl)cc1. The van der Waals surface area contributed by atoms with Crippen molar-refractivity contribution in [3.8, 4) is 0 Å². The molecule has 1 aliphatic rings. The summed E-state index contributed by atoms with van der Waals surface area (Å²) in [4.78, 5) is 27.0. The molecule has 3 rings (SSSR count). The Morgan fingerprint density at radius 1 is 1.11 bits per heavy atom. The van der Waals surface area contributed by atoms with Crippen molar-refractivity contribution in [2.75, 3.05) is 0 Å². The number of thiocarbonyl (C=S) groups is 1. The minimum Gasteiger partial charge on any atom is -0.374 e. The van der Waals surface area contributed by atoms with E-state index in [9.17, 15) is 9.59 Å². The van der Waals surface area contributed by atoms with Crippen LogP contribution in [0.5, 0.6) is 0 Å². The minimum atomic E-state index is -1.07. The number of hydrogen-bond donors (Lipinski definition) is 3. The summed E-state index contributed by atoms with van der Waals surface area (Å²) in [6.07, 6.45) is 0. The molecular formula is C19H18ClN3O2S2. The molecule has 1 fully saturated rings. The standard InChI is InChI=1S/C19H18ClN3O2S2/c20-14-8-6-12(7-9-14)10-21-17(26)15-16(24)22-19(27)23(18(15)25)11-13-4-2-1-3-5-13/h1-9,15,19,27H,10-11H2,(H,21,26)(H,22,24). The van der Waals surface area contributed by atoms with E-state index in [0.717, 1.165) is 11.1 Å². The Morgan fingerprint density at radius 3 is 2.44 bits per heavy atom. The maximum atomic E-state index is 12.9. The molecule has 1 heterocycles. The lowest BCUT2D eigenvalue weighted by Crippen LogP contribution is -2.61. The van der Waals surface area contributed by atoms with Gasteiger partial charge >= 0.3 is 0 Å². The molecule has 2 aromatic carbocycles. The molecular weight excluding hydrogens is 402 g/mol. The second-order valence-electron chi connectivity index (χ2n) is 6.11. The molecule has 1 aliphatic heterocycles. The van der Waals surface area contributed by atoms with Crippen LogP contribution in [0.3, 0.4) is 0 Å². The molecule has 2 unspecified atom stereocenters. The lowest BCUT2D eigenvalue weighted by molar-refractivity contribution is -0.146. The summed E-state index contributed by atoms with van der Waals surface area (Å²) in [5.41, 5.74) is 1.19. The molecule has 5 nitrogen and oxygen atoms in total. The molecule has 1 saturated heterocycles. The van der Waals surface area contributed by atoms with Crippen LogP contribution in [0.1, 0.15) is 11.1 Å². The number of halogens is 1. The first kappa shape index (κ1) is 19.7. The summed E-state index contributed by atoms with van der Waals surface area (Å²) >= 11 is 15.5. The van der Waals surface area contributed by atoms with Gasteiger partial charge in [0.15, 0.2) is 5.92 Å².